The zero-order chi connectivity index (χ0) is 13.0. The molecule has 2 aromatic rings. The number of benzene rings is 1. The number of aryl methyl sites for hydroxylation is 2. The van der Waals surface area contributed by atoms with Gasteiger partial charge in [0.05, 0.1) is 12.6 Å². The van der Waals surface area contributed by atoms with E-state index in [2.05, 4.69) is 5.10 Å². The van der Waals surface area contributed by atoms with Gasteiger partial charge in [-0.3, -0.25) is 9.48 Å². The lowest BCUT2D eigenvalue weighted by molar-refractivity contribution is -0.134. The number of esters is 1. The van der Waals surface area contributed by atoms with Crippen LogP contribution in [-0.2, 0) is 18.3 Å². The molecule has 0 saturated heterocycles. The second-order valence-electron chi connectivity index (χ2n) is 3.93. The largest absolute Gasteiger partial charge is 0.423 e. The van der Waals surface area contributed by atoms with E-state index in [1.54, 1.807) is 30.1 Å². The van der Waals surface area contributed by atoms with E-state index in [4.69, 9.17) is 4.74 Å². The third-order valence-electron chi connectivity index (χ3n) is 2.44. The SMILES string of the molecule is Cn1cc(CCC(=O)Oc2ccccc2F)cn1. The number of aromatic nitrogens is 2. The summed E-state index contributed by atoms with van der Waals surface area (Å²) in [4.78, 5) is 11.5. The summed E-state index contributed by atoms with van der Waals surface area (Å²) < 4.78 is 19.8. The van der Waals surface area contributed by atoms with Crippen molar-refractivity contribution in [2.45, 2.75) is 12.8 Å². The molecule has 0 unspecified atom stereocenters. The van der Waals surface area contributed by atoms with Crippen molar-refractivity contribution in [3.8, 4) is 5.75 Å². The average molecular weight is 248 g/mol. The van der Waals surface area contributed by atoms with Crippen LogP contribution in [0.5, 0.6) is 5.75 Å². The first kappa shape index (κ1) is 12.3. The van der Waals surface area contributed by atoms with Crippen molar-refractivity contribution in [1.82, 2.24) is 9.78 Å². The highest BCUT2D eigenvalue weighted by atomic mass is 19.1. The fraction of sp³-hybridized carbons (Fsp3) is 0.231. The van der Waals surface area contributed by atoms with E-state index in [0.717, 1.165) is 5.56 Å². The highest BCUT2D eigenvalue weighted by Crippen LogP contribution is 2.16. The molecule has 5 heteroatoms. The van der Waals surface area contributed by atoms with E-state index in [0.29, 0.717) is 6.42 Å². The maximum absolute atomic E-state index is 13.2. The van der Waals surface area contributed by atoms with Gasteiger partial charge in [0.25, 0.3) is 0 Å². The molecule has 1 aromatic heterocycles. The number of ether oxygens (including phenoxy) is 1. The molecule has 0 fully saturated rings. The van der Waals surface area contributed by atoms with E-state index in [1.165, 1.54) is 12.1 Å². The zero-order valence-electron chi connectivity index (χ0n) is 9.97. The smallest absolute Gasteiger partial charge is 0.311 e. The van der Waals surface area contributed by atoms with Crippen LogP contribution >= 0.6 is 0 Å². The summed E-state index contributed by atoms with van der Waals surface area (Å²) >= 11 is 0. The first-order valence-corrected chi connectivity index (χ1v) is 5.58. The highest BCUT2D eigenvalue weighted by Gasteiger charge is 2.09. The number of hydrogen-bond donors (Lipinski definition) is 0. The lowest BCUT2D eigenvalue weighted by Gasteiger charge is -2.04. The molecule has 4 nitrogen and oxygen atoms in total. The fourth-order valence-corrected chi connectivity index (χ4v) is 1.55. The number of rotatable bonds is 4. The number of carbonyl (C=O) groups is 1. The second-order valence-corrected chi connectivity index (χ2v) is 3.93. The third kappa shape index (κ3) is 3.16. The quantitative estimate of drug-likeness (QED) is 0.614. The van der Waals surface area contributed by atoms with Crippen molar-refractivity contribution >= 4 is 5.97 Å². The molecular formula is C13H13FN2O2. The number of hydrogen-bond acceptors (Lipinski definition) is 3. The second kappa shape index (κ2) is 5.44. The highest BCUT2D eigenvalue weighted by molar-refractivity contribution is 5.72. The predicted octanol–water partition coefficient (Wildman–Crippen LogP) is 2.10. The standard InChI is InChI=1S/C13H13FN2O2/c1-16-9-10(8-15-16)6-7-13(17)18-12-5-3-2-4-11(12)14/h2-5,8-9H,6-7H2,1H3. The molecule has 2 rings (SSSR count). The molecule has 0 N–H and O–H groups in total. The van der Waals surface area contributed by atoms with Gasteiger partial charge in [-0.25, -0.2) is 4.39 Å². The average Bonchev–Trinajstić information content (AvgIpc) is 2.76. The van der Waals surface area contributed by atoms with Crippen LogP contribution in [0.2, 0.25) is 0 Å². The van der Waals surface area contributed by atoms with Gasteiger partial charge in [0.15, 0.2) is 11.6 Å². The van der Waals surface area contributed by atoms with Gasteiger partial charge in [-0.1, -0.05) is 12.1 Å². The van der Waals surface area contributed by atoms with Crippen LogP contribution in [0.3, 0.4) is 0 Å². The molecule has 18 heavy (non-hydrogen) atoms. The predicted molar refractivity (Wildman–Crippen MR) is 63.6 cm³/mol. The number of halogens is 1. The van der Waals surface area contributed by atoms with Crippen LogP contribution in [0.1, 0.15) is 12.0 Å². The van der Waals surface area contributed by atoms with Crippen LogP contribution in [0.15, 0.2) is 36.7 Å². The summed E-state index contributed by atoms with van der Waals surface area (Å²) in [5, 5.41) is 4.00. The van der Waals surface area contributed by atoms with Crippen molar-refractivity contribution in [3.63, 3.8) is 0 Å². The van der Waals surface area contributed by atoms with Gasteiger partial charge in [-0.2, -0.15) is 5.10 Å². The minimum Gasteiger partial charge on any atom is -0.423 e. The fourth-order valence-electron chi connectivity index (χ4n) is 1.55. The Labute approximate surface area is 104 Å². The van der Waals surface area contributed by atoms with Crippen LogP contribution in [0.4, 0.5) is 4.39 Å². The van der Waals surface area contributed by atoms with Gasteiger partial charge in [-0.15, -0.1) is 0 Å². The molecule has 0 radical (unpaired) electrons. The van der Waals surface area contributed by atoms with Crippen molar-refractivity contribution < 1.29 is 13.9 Å². The van der Waals surface area contributed by atoms with Crippen LogP contribution < -0.4 is 4.74 Å². The molecule has 0 aliphatic heterocycles. The summed E-state index contributed by atoms with van der Waals surface area (Å²) in [6.45, 7) is 0. The minimum atomic E-state index is -0.535. The van der Waals surface area contributed by atoms with E-state index >= 15 is 0 Å². The Hall–Kier alpha value is -2.17. The molecule has 0 atom stereocenters. The maximum Gasteiger partial charge on any atom is 0.311 e. The molecule has 0 saturated carbocycles. The summed E-state index contributed by atoms with van der Waals surface area (Å²) in [6, 6.07) is 5.84. The first-order chi connectivity index (χ1) is 8.65. The Morgan fingerprint density at radius 2 is 2.22 bits per heavy atom. The summed E-state index contributed by atoms with van der Waals surface area (Å²) in [7, 11) is 1.81. The Kier molecular flexibility index (Phi) is 3.72. The van der Waals surface area contributed by atoms with E-state index < -0.39 is 11.8 Å². The minimum absolute atomic E-state index is 0.0336. The van der Waals surface area contributed by atoms with E-state index in [1.807, 2.05) is 6.20 Å². The Balaban J connectivity index is 1.88. The van der Waals surface area contributed by atoms with Crippen LogP contribution in [0.25, 0.3) is 0 Å². The number of nitrogens with zero attached hydrogens (tertiary/aromatic N) is 2. The topological polar surface area (TPSA) is 44.1 Å². The maximum atomic E-state index is 13.2. The van der Waals surface area contributed by atoms with E-state index in [-0.39, 0.29) is 12.2 Å². The zero-order valence-corrected chi connectivity index (χ0v) is 9.97. The summed E-state index contributed by atoms with van der Waals surface area (Å²) in [6.07, 6.45) is 4.24. The molecule has 1 aromatic carbocycles. The first-order valence-electron chi connectivity index (χ1n) is 5.58. The Morgan fingerprint density at radius 3 is 2.89 bits per heavy atom. The number of carbonyl (C=O) groups excluding carboxylic acids is 1. The molecule has 1 heterocycles. The normalized spacial score (nSPS) is 10.3. The lowest BCUT2D eigenvalue weighted by Crippen LogP contribution is -2.09. The molecule has 0 spiro atoms. The van der Waals surface area contributed by atoms with Crippen molar-refractivity contribution in [2.75, 3.05) is 0 Å². The third-order valence-corrected chi connectivity index (χ3v) is 2.44. The molecular weight excluding hydrogens is 235 g/mol. The van der Waals surface area contributed by atoms with Gasteiger partial charge in [0.2, 0.25) is 0 Å². The van der Waals surface area contributed by atoms with Gasteiger partial charge in [0, 0.05) is 13.2 Å². The molecule has 0 aliphatic carbocycles. The number of para-hydroxylation sites is 1. The van der Waals surface area contributed by atoms with Gasteiger partial charge in [0.1, 0.15) is 0 Å². The summed E-state index contributed by atoms with van der Waals surface area (Å²) in [5.74, 6) is -1.02. The van der Waals surface area contributed by atoms with Gasteiger partial charge >= 0.3 is 5.97 Å². The van der Waals surface area contributed by atoms with Crippen LogP contribution in [0, 0.1) is 5.82 Å². The molecule has 0 bridgehead atoms. The van der Waals surface area contributed by atoms with Crippen molar-refractivity contribution in [2.24, 2.45) is 7.05 Å². The Morgan fingerprint density at radius 1 is 1.44 bits per heavy atom. The molecule has 94 valence electrons. The van der Waals surface area contributed by atoms with Crippen molar-refractivity contribution in [1.29, 1.82) is 0 Å². The van der Waals surface area contributed by atoms with Gasteiger partial charge in [-0.05, 0) is 24.1 Å². The lowest BCUT2D eigenvalue weighted by atomic mass is 10.2. The molecule has 0 amide bonds. The van der Waals surface area contributed by atoms with E-state index in [9.17, 15) is 9.18 Å². The molecule has 0 aliphatic rings. The monoisotopic (exact) mass is 248 g/mol. The Bertz CT molecular complexity index is 551. The van der Waals surface area contributed by atoms with Crippen molar-refractivity contribution in [3.05, 3.63) is 48.0 Å². The van der Waals surface area contributed by atoms with Crippen LogP contribution in [-0.4, -0.2) is 15.7 Å². The van der Waals surface area contributed by atoms with Gasteiger partial charge < -0.3 is 4.74 Å². The summed E-state index contributed by atoms with van der Waals surface area (Å²) in [5.41, 5.74) is 0.947.